The van der Waals surface area contributed by atoms with E-state index in [0.717, 1.165) is 39.4 Å². The van der Waals surface area contributed by atoms with Crippen LogP contribution in [-0.4, -0.2) is 39.7 Å². The van der Waals surface area contributed by atoms with E-state index in [4.69, 9.17) is 9.90 Å². The van der Waals surface area contributed by atoms with Gasteiger partial charge in [0.05, 0.1) is 11.1 Å². The molecule has 130 valence electrons. The smallest absolute Gasteiger partial charge is 0.475 e. The van der Waals surface area contributed by atoms with Crippen molar-refractivity contribution in [3.63, 3.8) is 0 Å². The summed E-state index contributed by atoms with van der Waals surface area (Å²) in [5, 5.41) is 13.2. The number of carboxylic acids is 1. The molecule has 1 aliphatic heterocycles. The van der Waals surface area contributed by atoms with Gasteiger partial charge in [0.1, 0.15) is 0 Å². The average Bonchev–Trinajstić information content (AvgIpc) is 2.95. The van der Waals surface area contributed by atoms with Gasteiger partial charge in [-0.3, -0.25) is 9.78 Å². The van der Waals surface area contributed by atoms with Crippen LogP contribution >= 0.6 is 0 Å². The number of benzene rings is 1. The fraction of sp³-hybridized carbons (Fsp3) is 0.188. The molecule has 3 N–H and O–H groups in total. The van der Waals surface area contributed by atoms with Crippen molar-refractivity contribution in [1.82, 2.24) is 15.3 Å². The largest absolute Gasteiger partial charge is 0.490 e. The molecule has 1 amide bonds. The highest BCUT2D eigenvalue weighted by molar-refractivity contribution is 6.15. The second kappa shape index (κ2) is 6.08. The van der Waals surface area contributed by atoms with Crippen LogP contribution in [0.15, 0.2) is 30.6 Å². The highest BCUT2D eigenvalue weighted by atomic mass is 19.4. The first-order valence-electron chi connectivity index (χ1n) is 7.24. The summed E-state index contributed by atoms with van der Waals surface area (Å²) >= 11 is 0. The molecule has 0 atom stereocenters. The minimum Gasteiger partial charge on any atom is -0.475 e. The molecule has 0 saturated carbocycles. The predicted octanol–water partition coefficient (Wildman–Crippen LogP) is 2.64. The van der Waals surface area contributed by atoms with E-state index in [1.54, 1.807) is 6.20 Å². The minimum absolute atomic E-state index is 0.0240. The number of hydrogen-bond donors (Lipinski definition) is 3. The van der Waals surface area contributed by atoms with Crippen LogP contribution in [0, 0.1) is 0 Å². The molecule has 2 aromatic heterocycles. The Kier molecular flexibility index (Phi) is 4.07. The monoisotopic (exact) mass is 351 g/mol. The number of carbonyl (C=O) groups is 2. The van der Waals surface area contributed by atoms with E-state index < -0.39 is 12.1 Å². The van der Waals surface area contributed by atoms with Crippen LogP contribution in [0.2, 0.25) is 0 Å². The van der Waals surface area contributed by atoms with Crippen LogP contribution in [0.25, 0.3) is 21.7 Å². The van der Waals surface area contributed by atoms with Crippen LogP contribution in [0.1, 0.15) is 16.1 Å². The van der Waals surface area contributed by atoms with Gasteiger partial charge in [-0.15, -0.1) is 0 Å². The first-order chi connectivity index (χ1) is 11.8. The number of amides is 1. The zero-order valence-electron chi connectivity index (χ0n) is 12.6. The van der Waals surface area contributed by atoms with E-state index in [1.807, 2.05) is 24.4 Å². The van der Waals surface area contributed by atoms with E-state index in [1.165, 1.54) is 0 Å². The van der Waals surface area contributed by atoms with Crippen LogP contribution in [0.3, 0.4) is 0 Å². The molecule has 0 aliphatic carbocycles. The molecule has 0 bridgehead atoms. The fourth-order valence-electron chi connectivity index (χ4n) is 2.72. The van der Waals surface area contributed by atoms with Crippen molar-refractivity contribution >= 4 is 33.6 Å². The lowest BCUT2D eigenvalue weighted by atomic mass is 10.0. The summed E-state index contributed by atoms with van der Waals surface area (Å²) in [6.07, 6.45) is -0.599. The lowest BCUT2D eigenvalue weighted by Crippen LogP contribution is -2.31. The fourth-order valence-corrected chi connectivity index (χ4v) is 2.72. The second-order valence-corrected chi connectivity index (χ2v) is 5.37. The van der Waals surface area contributed by atoms with Gasteiger partial charge in [-0.05, 0) is 6.07 Å². The Morgan fingerprint density at radius 3 is 2.60 bits per heavy atom. The van der Waals surface area contributed by atoms with Crippen molar-refractivity contribution in [2.45, 2.75) is 12.6 Å². The SMILES string of the molecule is O=C(O)C(F)(F)F.O=C1NCCc2[nH]c3c(ccc4cnccc43)c21. The van der Waals surface area contributed by atoms with Crippen molar-refractivity contribution in [3.05, 3.63) is 41.9 Å². The molecule has 25 heavy (non-hydrogen) atoms. The Morgan fingerprint density at radius 1 is 1.20 bits per heavy atom. The molecule has 3 heterocycles. The first kappa shape index (κ1) is 16.7. The minimum atomic E-state index is -5.08. The molecule has 0 radical (unpaired) electrons. The maximum absolute atomic E-state index is 12.0. The van der Waals surface area contributed by atoms with Crippen LogP contribution in [0.4, 0.5) is 13.2 Å². The van der Waals surface area contributed by atoms with Crippen molar-refractivity contribution in [1.29, 1.82) is 0 Å². The molecule has 0 unspecified atom stereocenters. The number of aromatic nitrogens is 2. The number of alkyl halides is 3. The number of rotatable bonds is 0. The number of hydrogen-bond acceptors (Lipinski definition) is 3. The van der Waals surface area contributed by atoms with E-state index in [9.17, 15) is 18.0 Å². The number of H-pyrrole nitrogens is 1. The summed E-state index contributed by atoms with van der Waals surface area (Å²) in [5.74, 6) is -2.73. The maximum Gasteiger partial charge on any atom is 0.490 e. The summed E-state index contributed by atoms with van der Waals surface area (Å²) < 4.78 is 31.7. The Balaban J connectivity index is 0.000000225. The summed E-state index contributed by atoms with van der Waals surface area (Å²) in [6, 6.07) is 6.00. The highest BCUT2D eigenvalue weighted by Crippen LogP contribution is 2.30. The Bertz CT molecular complexity index is 979. The number of halogens is 3. The summed E-state index contributed by atoms with van der Waals surface area (Å²) in [6.45, 7) is 0.706. The second-order valence-electron chi connectivity index (χ2n) is 5.37. The molecule has 1 aromatic carbocycles. The molecule has 0 fully saturated rings. The maximum atomic E-state index is 12.0. The van der Waals surface area contributed by atoms with E-state index in [2.05, 4.69) is 15.3 Å². The van der Waals surface area contributed by atoms with Gasteiger partial charge in [0.2, 0.25) is 0 Å². The third-order valence-corrected chi connectivity index (χ3v) is 3.80. The lowest BCUT2D eigenvalue weighted by Gasteiger charge is -2.11. The summed E-state index contributed by atoms with van der Waals surface area (Å²) in [7, 11) is 0. The van der Waals surface area contributed by atoms with Gasteiger partial charge in [-0.1, -0.05) is 12.1 Å². The third kappa shape index (κ3) is 3.12. The Morgan fingerprint density at radius 2 is 1.92 bits per heavy atom. The summed E-state index contributed by atoms with van der Waals surface area (Å²) in [4.78, 5) is 28.4. The number of nitrogens with zero attached hydrogens (tertiary/aromatic N) is 1. The van der Waals surface area contributed by atoms with Gasteiger partial charge < -0.3 is 15.4 Å². The standard InChI is InChI=1S/C14H11N3O.C2HF3O2/c18-14-12-10-2-1-8-7-15-5-3-9(8)13(10)17-11(12)4-6-16-14;3-2(4,5)1(6)7/h1-3,5,7,17H,4,6H2,(H,16,18);(H,6,7). The van der Waals surface area contributed by atoms with Gasteiger partial charge in [0.25, 0.3) is 5.91 Å². The molecule has 0 saturated heterocycles. The summed E-state index contributed by atoms with van der Waals surface area (Å²) in [5.41, 5.74) is 2.88. The quantitative estimate of drug-likeness (QED) is 0.580. The normalized spacial score (nSPS) is 13.8. The number of fused-ring (bicyclic) bond motifs is 5. The van der Waals surface area contributed by atoms with Crippen molar-refractivity contribution in [2.24, 2.45) is 0 Å². The average molecular weight is 351 g/mol. The highest BCUT2D eigenvalue weighted by Gasteiger charge is 2.38. The first-order valence-corrected chi connectivity index (χ1v) is 7.24. The van der Waals surface area contributed by atoms with E-state index in [-0.39, 0.29) is 5.91 Å². The zero-order chi connectivity index (χ0) is 18.2. The molecule has 9 heteroatoms. The number of nitrogens with one attached hydrogen (secondary N) is 2. The number of aromatic amines is 1. The zero-order valence-corrected chi connectivity index (χ0v) is 12.6. The lowest BCUT2D eigenvalue weighted by molar-refractivity contribution is -0.192. The molecule has 1 aliphatic rings. The number of carboxylic acid groups (broad SMARTS) is 1. The number of pyridine rings is 1. The van der Waals surface area contributed by atoms with Crippen molar-refractivity contribution < 1.29 is 27.9 Å². The van der Waals surface area contributed by atoms with E-state index >= 15 is 0 Å². The van der Waals surface area contributed by atoms with Crippen LogP contribution in [0.5, 0.6) is 0 Å². The molecule has 0 spiro atoms. The van der Waals surface area contributed by atoms with Gasteiger partial charge in [0, 0.05) is 47.2 Å². The van der Waals surface area contributed by atoms with Gasteiger partial charge in [0.15, 0.2) is 0 Å². The molecule has 4 rings (SSSR count). The molecule has 3 aromatic rings. The van der Waals surface area contributed by atoms with Crippen LogP contribution in [-0.2, 0) is 11.2 Å². The predicted molar refractivity (Wildman–Crippen MR) is 83.3 cm³/mol. The topological polar surface area (TPSA) is 95.1 Å². The van der Waals surface area contributed by atoms with Crippen molar-refractivity contribution in [3.8, 4) is 0 Å². The van der Waals surface area contributed by atoms with E-state index in [0.29, 0.717) is 6.54 Å². The number of aliphatic carboxylic acids is 1. The Labute approximate surface area is 138 Å². The van der Waals surface area contributed by atoms with Gasteiger partial charge in [-0.25, -0.2) is 4.79 Å². The van der Waals surface area contributed by atoms with Gasteiger partial charge >= 0.3 is 12.1 Å². The van der Waals surface area contributed by atoms with Crippen molar-refractivity contribution in [2.75, 3.05) is 6.54 Å². The van der Waals surface area contributed by atoms with Gasteiger partial charge in [-0.2, -0.15) is 13.2 Å². The molecular formula is C16H12F3N3O3. The van der Waals surface area contributed by atoms with Crippen LogP contribution < -0.4 is 5.32 Å². The molecular weight excluding hydrogens is 339 g/mol. The number of carbonyl (C=O) groups excluding carboxylic acids is 1. The third-order valence-electron chi connectivity index (χ3n) is 3.80. The Hall–Kier alpha value is -3.10. The molecule has 6 nitrogen and oxygen atoms in total.